The van der Waals surface area contributed by atoms with Crippen LogP contribution in [0.1, 0.15) is 0 Å². The molecule has 0 spiro atoms. The molecule has 0 radical (unpaired) electrons. The number of aliphatic hydroxyl groups excluding tert-OH is 1. The first-order valence-electron chi connectivity index (χ1n) is 5.87. The van der Waals surface area contributed by atoms with Crippen molar-refractivity contribution in [2.45, 2.75) is 0 Å². The SMILES string of the molecule is COC(=O)C1=C(O)C(=C(C#N)C#N)C(C(=O)OC)=C1C(=O)OC. The molecule has 9 heteroatoms. The lowest BCUT2D eigenvalue weighted by molar-refractivity contribution is -0.140. The van der Waals surface area contributed by atoms with Gasteiger partial charge in [-0.25, -0.2) is 14.4 Å². The normalized spacial score (nSPS) is 13.2. The standard InChI is InChI=1S/C14H10N2O7/c1-21-12(18)8-7(6(4-15)5-16)11(17)10(14(20)23-3)9(8)13(19)22-2/h17H,1-3H3. The molecule has 0 aromatic carbocycles. The Bertz CT molecular complexity index is 756. The van der Waals surface area contributed by atoms with Crippen molar-refractivity contribution < 1.29 is 33.7 Å². The Labute approximate surface area is 130 Å². The minimum atomic E-state index is -1.16. The van der Waals surface area contributed by atoms with Crippen molar-refractivity contribution in [2.24, 2.45) is 0 Å². The average Bonchev–Trinajstić information content (AvgIpc) is 2.87. The molecule has 0 atom stereocenters. The summed E-state index contributed by atoms with van der Waals surface area (Å²) in [5.41, 5.74) is -3.26. The van der Waals surface area contributed by atoms with E-state index < -0.39 is 51.5 Å². The molecule has 0 bridgehead atoms. The monoisotopic (exact) mass is 318 g/mol. The van der Waals surface area contributed by atoms with Crippen LogP contribution < -0.4 is 0 Å². The molecule has 118 valence electrons. The molecule has 23 heavy (non-hydrogen) atoms. The highest BCUT2D eigenvalue weighted by molar-refractivity contribution is 6.17. The topological polar surface area (TPSA) is 147 Å². The largest absolute Gasteiger partial charge is 0.506 e. The smallest absolute Gasteiger partial charge is 0.342 e. The fourth-order valence-electron chi connectivity index (χ4n) is 1.91. The Kier molecular flexibility index (Phi) is 5.25. The fraction of sp³-hybridized carbons (Fsp3) is 0.214. The number of carbonyl (C=O) groups excluding carboxylic acids is 3. The van der Waals surface area contributed by atoms with Crippen molar-refractivity contribution in [2.75, 3.05) is 21.3 Å². The second-order valence-electron chi connectivity index (χ2n) is 3.92. The van der Waals surface area contributed by atoms with Gasteiger partial charge in [-0.15, -0.1) is 0 Å². The Balaban J connectivity index is 3.99. The molecule has 1 aliphatic rings. The zero-order chi connectivity index (χ0) is 17.7. The molecular formula is C14H10N2O7. The average molecular weight is 318 g/mol. The third-order valence-corrected chi connectivity index (χ3v) is 2.87. The number of rotatable bonds is 3. The molecule has 0 heterocycles. The van der Waals surface area contributed by atoms with Crippen molar-refractivity contribution in [1.29, 1.82) is 10.5 Å². The maximum Gasteiger partial charge on any atom is 0.342 e. The number of nitriles is 2. The molecule has 0 amide bonds. The van der Waals surface area contributed by atoms with Gasteiger partial charge in [0.05, 0.1) is 38.0 Å². The van der Waals surface area contributed by atoms with Gasteiger partial charge in [-0.3, -0.25) is 0 Å². The summed E-state index contributed by atoms with van der Waals surface area (Å²) in [7, 11) is 2.94. The molecule has 0 aromatic heterocycles. The maximum atomic E-state index is 12.0. The van der Waals surface area contributed by atoms with Crippen LogP contribution in [-0.2, 0) is 28.6 Å². The van der Waals surface area contributed by atoms with Crippen LogP contribution in [-0.4, -0.2) is 44.3 Å². The van der Waals surface area contributed by atoms with Crippen molar-refractivity contribution in [3.8, 4) is 12.1 Å². The van der Waals surface area contributed by atoms with E-state index in [1.807, 2.05) is 0 Å². The Morgan fingerprint density at radius 1 is 0.826 bits per heavy atom. The predicted molar refractivity (Wildman–Crippen MR) is 71.0 cm³/mol. The van der Waals surface area contributed by atoms with Crippen LogP contribution in [0.2, 0.25) is 0 Å². The van der Waals surface area contributed by atoms with Gasteiger partial charge in [-0.2, -0.15) is 10.5 Å². The lowest BCUT2D eigenvalue weighted by Gasteiger charge is -2.07. The van der Waals surface area contributed by atoms with Gasteiger partial charge < -0.3 is 19.3 Å². The Hall–Kier alpha value is -3.59. The van der Waals surface area contributed by atoms with E-state index >= 15 is 0 Å². The number of nitrogens with zero attached hydrogens (tertiary/aromatic N) is 2. The molecule has 0 saturated heterocycles. The maximum absolute atomic E-state index is 12.0. The van der Waals surface area contributed by atoms with Crippen molar-refractivity contribution in [3.63, 3.8) is 0 Å². The predicted octanol–water partition coefficient (Wildman–Crippen LogP) is -0.0285. The number of hydrogen-bond donors (Lipinski definition) is 1. The first-order chi connectivity index (χ1) is 10.9. The van der Waals surface area contributed by atoms with Crippen molar-refractivity contribution in [3.05, 3.63) is 33.6 Å². The quantitative estimate of drug-likeness (QED) is 0.430. The highest BCUT2D eigenvalue weighted by atomic mass is 16.5. The number of allylic oxidation sites excluding steroid dienone is 2. The van der Waals surface area contributed by atoms with Gasteiger partial charge in [0, 0.05) is 0 Å². The third-order valence-electron chi connectivity index (χ3n) is 2.87. The summed E-state index contributed by atoms with van der Waals surface area (Å²) in [4.78, 5) is 35.7. The molecule has 1 rings (SSSR count). The number of aliphatic hydroxyl groups is 1. The van der Waals surface area contributed by atoms with Gasteiger partial charge in [-0.05, 0) is 0 Å². The van der Waals surface area contributed by atoms with E-state index in [4.69, 9.17) is 10.5 Å². The zero-order valence-corrected chi connectivity index (χ0v) is 12.3. The lowest BCUT2D eigenvalue weighted by Crippen LogP contribution is -2.17. The highest BCUT2D eigenvalue weighted by Gasteiger charge is 2.43. The molecule has 0 saturated carbocycles. The molecule has 9 nitrogen and oxygen atoms in total. The highest BCUT2D eigenvalue weighted by Crippen LogP contribution is 2.39. The molecule has 1 aliphatic carbocycles. The van der Waals surface area contributed by atoms with E-state index in [9.17, 15) is 19.5 Å². The first-order valence-corrected chi connectivity index (χ1v) is 5.87. The first kappa shape index (κ1) is 17.5. The number of esters is 3. The van der Waals surface area contributed by atoms with E-state index in [2.05, 4.69) is 14.2 Å². The number of ether oxygens (including phenoxy) is 3. The van der Waals surface area contributed by atoms with Crippen LogP contribution >= 0.6 is 0 Å². The van der Waals surface area contributed by atoms with Gasteiger partial charge in [0.15, 0.2) is 0 Å². The molecule has 1 N–H and O–H groups in total. The summed E-state index contributed by atoms with van der Waals surface area (Å²) in [5, 5.41) is 28.1. The summed E-state index contributed by atoms with van der Waals surface area (Å²) < 4.78 is 13.4. The molecule has 0 unspecified atom stereocenters. The van der Waals surface area contributed by atoms with Crippen LogP contribution in [0.25, 0.3) is 0 Å². The van der Waals surface area contributed by atoms with Crippen molar-refractivity contribution >= 4 is 17.9 Å². The van der Waals surface area contributed by atoms with Gasteiger partial charge in [0.25, 0.3) is 0 Å². The van der Waals surface area contributed by atoms with Gasteiger partial charge in [-0.1, -0.05) is 0 Å². The summed E-state index contributed by atoms with van der Waals surface area (Å²) >= 11 is 0. The van der Waals surface area contributed by atoms with Gasteiger partial charge in [0.2, 0.25) is 0 Å². The van der Waals surface area contributed by atoms with Crippen LogP contribution in [0.4, 0.5) is 0 Å². The van der Waals surface area contributed by atoms with E-state index in [-0.39, 0.29) is 0 Å². The lowest BCUT2D eigenvalue weighted by atomic mass is 10.0. The van der Waals surface area contributed by atoms with Crippen molar-refractivity contribution in [1.82, 2.24) is 0 Å². The summed E-state index contributed by atoms with van der Waals surface area (Å²) in [6, 6.07) is 2.93. The van der Waals surface area contributed by atoms with Gasteiger partial charge in [0.1, 0.15) is 29.0 Å². The van der Waals surface area contributed by atoms with Crippen LogP contribution in [0.5, 0.6) is 0 Å². The summed E-state index contributed by atoms with van der Waals surface area (Å²) in [6.07, 6.45) is 0. The minimum absolute atomic E-state index is 0.595. The fourth-order valence-corrected chi connectivity index (χ4v) is 1.91. The minimum Gasteiger partial charge on any atom is -0.506 e. The summed E-state index contributed by atoms with van der Waals surface area (Å²) in [6.45, 7) is 0. The Morgan fingerprint density at radius 3 is 1.61 bits per heavy atom. The zero-order valence-electron chi connectivity index (χ0n) is 12.3. The second kappa shape index (κ2) is 6.91. The molecular weight excluding hydrogens is 308 g/mol. The van der Waals surface area contributed by atoms with E-state index in [1.54, 1.807) is 0 Å². The summed E-state index contributed by atoms with van der Waals surface area (Å²) in [5.74, 6) is -4.37. The van der Waals surface area contributed by atoms with E-state index in [0.717, 1.165) is 21.3 Å². The molecule has 0 fully saturated rings. The van der Waals surface area contributed by atoms with E-state index in [1.165, 1.54) is 12.1 Å². The second-order valence-corrected chi connectivity index (χ2v) is 3.92. The third kappa shape index (κ3) is 2.76. The van der Waals surface area contributed by atoms with Crippen LogP contribution in [0.3, 0.4) is 0 Å². The molecule has 0 aromatic rings. The van der Waals surface area contributed by atoms with Crippen LogP contribution in [0.15, 0.2) is 33.6 Å². The van der Waals surface area contributed by atoms with Crippen LogP contribution in [0, 0.1) is 22.7 Å². The Morgan fingerprint density at radius 2 is 1.22 bits per heavy atom. The number of methoxy groups -OCH3 is 3. The molecule has 0 aliphatic heterocycles. The van der Waals surface area contributed by atoms with Gasteiger partial charge >= 0.3 is 17.9 Å². The number of carbonyl (C=O) groups is 3. The number of hydrogen-bond acceptors (Lipinski definition) is 9. The van der Waals surface area contributed by atoms with E-state index in [0.29, 0.717) is 0 Å².